The fourth-order valence-corrected chi connectivity index (χ4v) is 2.82. The first-order valence-electron chi connectivity index (χ1n) is 7.15. The van der Waals surface area contributed by atoms with Crippen molar-refractivity contribution in [3.8, 4) is 0 Å². The molecule has 2 rings (SSSR count). The number of benzene rings is 2. The van der Waals surface area contributed by atoms with Gasteiger partial charge in [-0.05, 0) is 36.8 Å². The molecule has 0 aromatic heterocycles. The minimum atomic E-state index is -3.18. The summed E-state index contributed by atoms with van der Waals surface area (Å²) in [4.78, 5) is 0.288. The van der Waals surface area contributed by atoms with E-state index in [0.29, 0.717) is 6.42 Å². The van der Waals surface area contributed by atoms with Gasteiger partial charge in [-0.2, -0.15) is 0 Å². The van der Waals surface area contributed by atoms with Crippen molar-refractivity contribution < 1.29 is 13.5 Å². The first kappa shape index (κ1) is 16.5. The highest BCUT2D eigenvalue weighted by Gasteiger charge is 2.15. The van der Waals surface area contributed by atoms with Crippen LogP contribution in [0, 0.1) is 0 Å². The monoisotopic (exact) mass is 319 g/mol. The van der Waals surface area contributed by atoms with Gasteiger partial charge in [0.15, 0.2) is 9.84 Å². The molecule has 2 aromatic rings. The highest BCUT2D eigenvalue weighted by Crippen LogP contribution is 2.16. The Kier molecular flexibility index (Phi) is 5.21. The fraction of sp³-hybridized carbons (Fsp3) is 0.294. The number of nitrogens with one attached hydrogen (secondary N) is 1. The van der Waals surface area contributed by atoms with Gasteiger partial charge in [0.2, 0.25) is 0 Å². The van der Waals surface area contributed by atoms with E-state index < -0.39 is 15.9 Å². The second-order valence-corrected chi connectivity index (χ2v) is 7.50. The predicted octanol–water partition coefficient (Wildman–Crippen LogP) is 2.49. The third-order valence-corrected chi connectivity index (χ3v) is 4.67. The van der Waals surface area contributed by atoms with Crippen molar-refractivity contribution in [3.05, 3.63) is 60.2 Å². The maximum atomic E-state index is 11.4. The van der Waals surface area contributed by atoms with E-state index in [1.807, 2.05) is 37.3 Å². The topological polar surface area (TPSA) is 66.4 Å². The molecule has 2 atom stereocenters. The predicted molar refractivity (Wildman–Crippen MR) is 88.8 cm³/mol. The van der Waals surface area contributed by atoms with Crippen LogP contribution in [0.4, 0.5) is 5.69 Å². The number of hydrogen-bond acceptors (Lipinski definition) is 4. The summed E-state index contributed by atoms with van der Waals surface area (Å²) < 4.78 is 22.8. The molecular weight excluding hydrogens is 298 g/mol. The van der Waals surface area contributed by atoms with Crippen LogP contribution in [0.2, 0.25) is 0 Å². The van der Waals surface area contributed by atoms with E-state index in [9.17, 15) is 13.5 Å². The number of hydrogen-bond donors (Lipinski definition) is 2. The van der Waals surface area contributed by atoms with Crippen molar-refractivity contribution in [2.75, 3.05) is 11.6 Å². The Hall–Kier alpha value is -1.85. The molecule has 0 aliphatic heterocycles. The summed E-state index contributed by atoms with van der Waals surface area (Å²) >= 11 is 0. The number of rotatable bonds is 6. The van der Waals surface area contributed by atoms with E-state index in [-0.39, 0.29) is 10.9 Å². The van der Waals surface area contributed by atoms with Gasteiger partial charge < -0.3 is 10.4 Å². The molecule has 0 aliphatic rings. The zero-order valence-corrected chi connectivity index (χ0v) is 13.5. The van der Waals surface area contributed by atoms with Crippen LogP contribution in [0.3, 0.4) is 0 Å². The van der Waals surface area contributed by atoms with Crippen molar-refractivity contribution >= 4 is 15.5 Å². The maximum absolute atomic E-state index is 11.4. The molecule has 2 N–H and O–H groups in total. The highest BCUT2D eigenvalue weighted by atomic mass is 32.2. The van der Waals surface area contributed by atoms with E-state index in [0.717, 1.165) is 11.3 Å². The van der Waals surface area contributed by atoms with Crippen molar-refractivity contribution in [1.29, 1.82) is 0 Å². The van der Waals surface area contributed by atoms with E-state index >= 15 is 0 Å². The summed E-state index contributed by atoms with van der Waals surface area (Å²) in [5.41, 5.74) is 1.86. The summed E-state index contributed by atoms with van der Waals surface area (Å²) in [6, 6.07) is 16.2. The van der Waals surface area contributed by atoms with Crippen LogP contribution in [0.5, 0.6) is 0 Å². The standard InChI is InChI=1S/C17H21NO3S/c1-13(17(19)12-14-6-4-3-5-7-14)18-15-8-10-16(11-9-15)22(2,20)21/h3-11,13,17-19H,12H2,1-2H3. The third-order valence-electron chi connectivity index (χ3n) is 3.54. The third kappa shape index (κ3) is 4.58. The molecule has 0 saturated heterocycles. The van der Waals surface area contributed by atoms with Gasteiger partial charge in [-0.15, -0.1) is 0 Å². The summed E-state index contributed by atoms with van der Waals surface area (Å²) in [6.07, 6.45) is 1.22. The lowest BCUT2D eigenvalue weighted by molar-refractivity contribution is 0.158. The molecule has 0 amide bonds. The van der Waals surface area contributed by atoms with Gasteiger partial charge in [0, 0.05) is 24.4 Å². The van der Waals surface area contributed by atoms with Gasteiger partial charge in [0.25, 0.3) is 0 Å². The number of anilines is 1. The Morgan fingerprint density at radius 2 is 1.64 bits per heavy atom. The van der Waals surface area contributed by atoms with Crippen molar-refractivity contribution in [1.82, 2.24) is 0 Å². The number of sulfone groups is 1. The van der Waals surface area contributed by atoms with Crippen LogP contribution in [-0.4, -0.2) is 31.9 Å². The van der Waals surface area contributed by atoms with E-state index in [2.05, 4.69) is 5.32 Å². The summed E-state index contributed by atoms with van der Waals surface area (Å²) in [5, 5.41) is 13.5. The van der Waals surface area contributed by atoms with Crippen LogP contribution in [0.15, 0.2) is 59.5 Å². The van der Waals surface area contributed by atoms with E-state index in [4.69, 9.17) is 0 Å². The van der Waals surface area contributed by atoms with Crippen molar-refractivity contribution in [2.45, 2.75) is 30.4 Å². The normalized spacial score (nSPS) is 14.3. The Balaban J connectivity index is 1.98. The molecule has 0 aliphatic carbocycles. The average Bonchev–Trinajstić information content (AvgIpc) is 2.48. The molecule has 4 nitrogen and oxygen atoms in total. The van der Waals surface area contributed by atoms with Crippen LogP contribution < -0.4 is 5.32 Å². The average molecular weight is 319 g/mol. The SMILES string of the molecule is CC(Nc1ccc(S(C)(=O)=O)cc1)C(O)Cc1ccccc1. The van der Waals surface area contributed by atoms with Crippen LogP contribution in [0.25, 0.3) is 0 Å². The zero-order chi connectivity index (χ0) is 16.2. The van der Waals surface area contributed by atoms with E-state index in [1.165, 1.54) is 6.26 Å². The minimum Gasteiger partial charge on any atom is -0.391 e. The van der Waals surface area contributed by atoms with Gasteiger partial charge in [0.1, 0.15) is 0 Å². The van der Waals surface area contributed by atoms with Gasteiger partial charge in [0.05, 0.1) is 11.0 Å². The van der Waals surface area contributed by atoms with Crippen LogP contribution >= 0.6 is 0 Å². The maximum Gasteiger partial charge on any atom is 0.175 e. The van der Waals surface area contributed by atoms with E-state index in [1.54, 1.807) is 24.3 Å². The van der Waals surface area contributed by atoms with Crippen LogP contribution in [-0.2, 0) is 16.3 Å². The lowest BCUT2D eigenvalue weighted by Crippen LogP contribution is -2.32. The largest absolute Gasteiger partial charge is 0.391 e. The first-order valence-corrected chi connectivity index (χ1v) is 9.04. The minimum absolute atomic E-state index is 0.149. The molecule has 0 bridgehead atoms. The molecule has 22 heavy (non-hydrogen) atoms. The Labute approximate surface area is 131 Å². The summed E-state index contributed by atoms with van der Waals surface area (Å²) in [7, 11) is -3.18. The smallest absolute Gasteiger partial charge is 0.175 e. The molecule has 2 aromatic carbocycles. The fourth-order valence-electron chi connectivity index (χ4n) is 2.19. The van der Waals surface area contributed by atoms with Crippen molar-refractivity contribution in [2.24, 2.45) is 0 Å². The Morgan fingerprint density at radius 3 is 2.18 bits per heavy atom. The second-order valence-electron chi connectivity index (χ2n) is 5.49. The van der Waals surface area contributed by atoms with Gasteiger partial charge >= 0.3 is 0 Å². The molecule has 0 fully saturated rings. The molecule has 2 unspecified atom stereocenters. The Bertz CT molecular complexity index is 696. The number of aliphatic hydroxyl groups excluding tert-OH is 1. The van der Waals surface area contributed by atoms with Crippen molar-refractivity contribution in [3.63, 3.8) is 0 Å². The second kappa shape index (κ2) is 6.94. The highest BCUT2D eigenvalue weighted by molar-refractivity contribution is 7.90. The lowest BCUT2D eigenvalue weighted by atomic mass is 10.0. The molecule has 0 spiro atoms. The molecular formula is C17H21NO3S. The molecule has 0 saturated carbocycles. The Morgan fingerprint density at radius 1 is 1.05 bits per heavy atom. The zero-order valence-electron chi connectivity index (χ0n) is 12.7. The number of aliphatic hydroxyl groups is 1. The molecule has 5 heteroatoms. The van der Waals surface area contributed by atoms with Gasteiger partial charge in [-0.3, -0.25) is 0 Å². The molecule has 118 valence electrons. The quantitative estimate of drug-likeness (QED) is 0.858. The van der Waals surface area contributed by atoms with Gasteiger partial charge in [-0.1, -0.05) is 30.3 Å². The lowest BCUT2D eigenvalue weighted by Gasteiger charge is -2.21. The first-order chi connectivity index (χ1) is 10.4. The van der Waals surface area contributed by atoms with Crippen LogP contribution in [0.1, 0.15) is 12.5 Å². The summed E-state index contributed by atoms with van der Waals surface area (Å²) in [5.74, 6) is 0. The summed E-state index contributed by atoms with van der Waals surface area (Å²) in [6.45, 7) is 1.90. The molecule has 0 radical (unpaired) electrons. The molecule has 0 heterocycles. The van der Waals surface area contributed by atoms with Gasteiger partial charge in [-0.25, -0.2) is 8.42 Å².